The van der Waals surface area contributed by atoms with E-state index >= 15 is 0 Å². The molecule has 0 aliphatic rings. The van der Waals surface area contributed by atoms with Gasteiger partial charge >= 0.3 is 52.9 Å². The van der Waals surface area contributed by atoms with Crippen molar-refractivity contribution in [3.05, 3.63) is 0 Å². The summed E-state index contributed by atoms with van der Waals surface area (Å²) in [6.07, 6.45) is -9.74. The molecule has 3 nitrogen and oxygen atoms in total. The average molecular weight is 571 g/mol. The first-order valence-electron chi connectivity index (χ1n) is 8.95. The first kappa shape index (κ1) is 32.6. The zero-order chi connectivity index (χ0) is 27.3. The van der Waals surface area contributed by atoms with Crippen molar-refractivity contribution in [1.82, 2.24) is 0 Å². The second-order valence-electron chi connectivity index (χ2n) is 8.81. The molecule has 0 heterocycles. The van der Waals surface area contributed by atoms with Crippen LogP contribution in [0.25, 0.3) is 0 Å². The van der Waals surface area contributed by atoms with Crippen molar-refractivity contribution in [3.63, 3.8) is 0 Å². The van der Waals surface area contributed by atoms with Gasteiger partial charge in [0.1, 0.15) is 0 Å². The lowest BCUT2D eigenvalue weighted by Gasteiger charge is -2.41. The molecule has 0 spiro atoms. The zero-order valence-corrected chi connectivity index (χ0v) is 21.1. The van der Waals surface area contributed by atoms with Crippen LogP contribution in [0.4, 0.5) is 57.1 Å². The summed E-state index contributed by atoms with van der Waals surface area (Å²) in [4.78, 5) is 9.78. The summed E-state index contributed by atoms with van der Waals surface area (Å²) in [5, 5.41) is 0. The molecule has 1 N–H and O–H groups in total. The predicted molar refractivity (Wildman–Crippen MR) is 97.0 cm³/mol. The fourth-order valence-electron chi connectivity index (χ4n) is 2.76. The first-order chi connectivity index (χ1) is 13.9. The maximum atomic E-state index is 14.0. The van der Waals surface area contributed by atoms with E-state index < -0.39 is 73.7 Å². The van der Waals surface area contributed by atoms with E-state index in [0.29, 0.717) is 0 Å². The van der Waals surface area contributed by atoms with E-state index in [1.165, 1.54) is 26.2 Å². The fourth-order valence-corrected chi connectivity index (χ4v) is 14.8. The van der Waals surface area contributed by atoms with E-state index in [0.717, 1.165) is 13.1 Å². The molecule has 0 aromatic carbocycles. The van der Waals surface area contributed by atoms with E-state index in [2.05, 4.69) is 0 Å². The highest BCUT2D eigenvalue weighted by atomic mass is 28.5. The standard InChI is InChI=1S/C14H23F13O3Si3/c1-31(2,29-33(5,6)30-32(3,4)28)8-7-9(15,16)10(17,18)11(19,20)12(21,22)13(23,24)14(25,26)27/h28H,7-8H2,1-6H3. The molecule has 0 atom stereocenters. The van der Waals surface area contributed by atoms with Crippen LogP contribution < -0.4 is 0 Å². The Labute approximate surface area is 183 Å². The Bertz CT molecular complexity index is 688. The van der Waals surface area contributed by atoms with Crippen molar-refractivity contribution in [2.24, 2.45) is 0 Å². The Kier molecular flexibility index (Phi) is 8.83. The molecule has 0 aliphatic heterocycles. The van der Waals surface area contributed by atoms with Gasteiger partial charge in [0.05, 0.1) is 0 Å². The molecule has 0 aliphatic carbocycles. The molecule has 0 bridgehead atoms. The molecule has 200 valence electrons. The van der Waals surface area contributed by atoms with Crippen molar-refractivity contribution < 1.29 is 70.1 Å². The van der Waals surface area contributed by atoms with Crippen LogP contribution in [0.2, 0.25) is 45.3 Å². The van der Waals surface area contributed by atoms with Gasteiger partial charge in [-0.2, -0.15) is 57.1 Å². The highest BCUT2D eigenvalue weighted by molar-refractivity contribution is 6.86. The third-order valence-electron chi connectivity index (χ3n) is 4.06. The van der Waals surface area contributed by atoms with E-state index in [1.54, 1.807) is 0 Å². The highest BCUT2D eigenvalue weighted by Gasteiger charge is 2.90. The minimum Gasteiger partial charge on any atom is -0.436 e. The molecule has 0 rings (SSSR count). The molecule has 0 amide bonds. The fraction of sp³-hybridized carbons (Fsp3) is 1.00. The second-order valence-corrected chi connectivity index (χ2v) is 20.2. The van der Waals surface area contributed by atoms with Crippen molar-refractivity contribution in [1.29, 1.82) is 0 Å². The molecule has 0 aromatic rings. The normalized spacial score (nSPS) is 16.4. The Balaban J connectivity index is 5.88. The Hall–Kier alpha value is -0.379. The van der Waals surface area contributed by atoms with E-state index in [9.17, 15) is 61.9 Å². The van der Waals surface area contributed by atoms with Gasteiger partial charge in [-0.1, -0.05) is 0 Å². The average Bonchev–Trinajstić information content (AvgIpc) is 2.47. The molecule has 0 saturated carbocycles. The summed E-state index contributed by atoms with van der Waals surface area (Å²) < 4.78 is 182. The summed E-state index contributed by atoms with van der Waals surface area (Å²) in [5.41, 5.74) is 0. The molecule has 0 fully saturated rings. The topological polar surface area (TPSA) is 38.7 Å². The second kappa shape index (κ2) is 8.93. The van der Waals surface area contributed by atoms with Gasteiger partial charge in [0.15, 0.2) is 8.32 Å². The maximum Gasteiger partial charge on any atom is 0.460 e. The van der Waals surface area contributed by atoms with Crippen molar-refractivity contribution in [2.75, 3.05) is 0 Å². The van der Waals surface area contributed by atoms with E-state index in [4.69, 9.17) is 8.23 Å². The largest absolute Gasteiger partial charge is 0.460 e. The number of rotatable bonds is 11. The van der Waals surface area contributed by atoms with Crippen LogP contribution in [-0.2, 0) is 8.23 Å². The van der Waals surface area contributed by atoms with Gasteiger partial charge in [0.2, 0.25) is 0 Å². The Morgan fingerprint density at radius 3 is 1.27 bits per heavy atom. The third-order valence-corrected chi connectivity index (χ3v) is 13.7. The molecular formula is C14H23F13O3Si3. The van der Waals surface area contributed by atoms with Crippen LogP contribution in [0.1, 0.15) is 6.42 Å². The van der Waals surface area contributed by atoms with Crippen molar-refractivity contribution in [3.8, 4) is 0 Å². The van der Waals surface area contributed by atoms with Crippen molar-refractivity contribution in [2.45, 2.75) is 87.5 Å². The van der Waals surface area contributed by atoms with Gasteiger partial charge in [0.25, 0.3) is 0 Å². The molecule has 0 radical (unpaired) electrons. The molecule has 33 heavy (non-hydrogen) atoms. The number of halogens is 13. The summed E-state index contributed by atoms with van der Waals surface area (Å²) in [5.74, 6) is -36.9. The molecule has 0 saturated heterocycles. The quantitative estimate of drug-likeness (QED) is 0.221. The number of alkyl halides is 13. The molecular weight excluding hydrogens is 547 g/mol. The van der Waals surface area contributed by atoms with Gasteiger partial charge in [-0.05, 0) is 45.3 Å². The summed E-state index contributed by atoms with van der Waals surface area (Å²) in [7, 11) is -10.0. The number of hydrogen-bond donors (Lipinski definition) is 1. The predicted octanol–water partition coefficient (Wildman–Crippen LogP) is 6.75. The summed E-state index contributed by atoms with van der Waals surface area (Å²) >= 11 is 0. The molecule has 0 aromatic heterocycles. The number of hydrogen-bond acceptors (Lipinski definition) is 3. The van der Waals surface area contributed by atoms with Crippen LogP contribution >= 0.6 is 0 Å². The third kappa shape index (κ3) is 6.85. The van der Waals surface area contributed by atoms with Crippen LogP contribution in [0.3, 0.4) is 0 Å². The van der Waals surface area contributed by atoms with Gasteiger partial charge in [-0.15, -0.1) is 0 Å². The van der Waals surface area contributed by atoms with E-state index in [-0.39, 0.29) is 0 Å². The molecule has 19 heteroatoms. The lowest BCUT2D eigenvalue weighted by atomic mass is 9.93. The van der Waals surface area contributed by atoms with Crippen LogP contribution in [-0.4, -0.2) is 66.0 Å². The SMILES string of the molecule is C[Si](C)(O)O[Si](C)(C)O[Si](C)(C)CCC(F)(F)C(F)(F)C(F)(F)C(F)(F)C(F)(F)C(F)(F)F. The summed E-state index contributed by atoms with van der Waals surface area (Å²) in [6, 6.07) is -1.12. The smallest absolute Gasteiger partial charge is 0.436 e. The van der Waals surface area contributed by atoms with Gasteiger partial charge in [-0.3, -0.25) is 0 Å². The first-order valence-corrected chi connectivity index (χ1v) is 17.7. The van der Waals surface area contributed by atoms with Gasteiger partial charge in [-0.25, -0.2) is 0 Å². The monoisotopic (exact) mass is 570 g/mol. The van der Waals surface area contributed by atoms with Crippen LogP contribution in [0.5, 0.6) is 0 Å². The minimum atomic E-state index is -7.91. The van der Waals surface area contributed by atoms with Crippen molar-refractivity contribution >= 4 is 25.4 Å². The van der Waals surface area contributed by atoms with Crippen LogP contribution in [0, 0.1) is 0 Å². The van der Waals surface area contributed by atoms with Gasteiger partial charge < -0.3 is 13.0 Å². The lowest BCUT2D eigenvalue weighted by molar-refractivity contribution is -0.439. The van der Waals surface area contributed by atoms with Crippen LogP contribution in [0.15, 0.2) is 0 Å². The minimum absolute atomic E-state index is 1.12. The lowest BCUT2D eigenvalue weighted by Crippen LogP contribution is -2.70. The summed E-state index contributed by atoms with van der Waals surface area (Å²) in [6.45, 7) is 7.58. The Morgan fingerprint density at radius 2 is 0.939 bits per heavy atom. The zero-order valence-electron chi connectivity index (χ0n) is 18.1. The highest BCUT2D eigenvalue weighted by Crippen LogP contribution is 2.60. The molecule has 0 unspecified atom stereocenters. The Morgan fingerprint density at radius 1 is 0.576 bits per heavy atom. The van der Waals surface area contributed by atoms with Gasteiger partial charge in [0, 0.05) is 6.42 Å². The maximum absolute atomic E-state index is 14.0. The van der Waals surface area contributed by atoms with E-state index in [1.807, 2.05) is 0 Å².